The number of carbonyl (C=O) groups excluding carboxylic acids is 1. The van der Waals surface area contributed by atoms with Gasteiger partial charge in [-0.3, -0.25) is 4.79 Å². The quantitative estimate of drug-likeness (QED) is 0.308. The molecular formula is C20H16ClF4N7O2. The molecule has 3 aromatic rings. The molecule has 0 saturated carbocycles. The van der Waals surface area contributed by atoms with Gasteiger partial charge in [-0.05, 0) is 30.7 Å². The van der Waals surface area contributed by atoms with E-state index in [0.29, 0.717) is 6.20 Å². The van der Waals surface area contributed by atoms with Crippen LogP contribution in [0.15, 0.2) is 37.2 Å². The Balaban J connectivity index is 2.06. The molecule has 9 nitrogen and oxygen atoms in total. The highest BCUT2D eigenvalue weighted by Crippen LogP contribution is 2.37. The van der Waals surface area contributed by atoms with Crippen molar-refractivity contribution < 1.29 is 27.1 Å². The third kappa shape index (κ3) is 5.67. The predicted octanol–water partition coefficient (Wildman–Crippen LogP) is 5.01. The van der Waals surface area contributed by atoms with E-state index < -0.39 is 29.3 Å². The van der Waals surface area contributed by atoms with Gasteiger partial charge < -0.3 is 20.7 Å². The second kappa shape index (κ2) is 9.87. The zero-order chi connectivity index (χ0) is 25.0. The number of ether oxygens (including phenoxy) is 1. The molecule has 1 aromatic carbocycles. The number of amides is 1. The number of hydrogen-bond donors (Lipinski definition) is 3. The molecule has 0 atom stereocenters. The fraction of sp³-hybridized carbons (Fsp3) is 0.150. The highest BCUT2D eigenvalue weighted by Gasteiger charge is 2.35. The lowest BCUT2D eigenvalue weighted by Gasteiger charge is -2.17. The van der Waals surface area contributed by atoms with Crippen LogP contribution < -0.4 is 20.7 Å². The summed E-state index contributed by atoms with van der Waals surface area (Å²) >= 11 is 6.01. The second-order valence-corrected chi connectivity index (χ2v) is 7.00. The number of aryl methyl sites for hydroxylation is 1. The van der Waals surface area contributed by atoms with Gasteiger partial charge in [0.1, 0.15) is 22.2 Å². The molecule has 3 rings (SSSR count). The van der Waals surface area contributed by atoms with Crippen molar-refractivity contribution in [1.82, 2.24) is 19.9 Å². The van der Waals surface area contributed by atoms with Gasteiger partial charge in [0.25, 0.3) is 0 Å². The Hall–Kier alpha value is -4.00. The zero-order valence-corrected chi connectivity index (χ0v) is 18.3. The number of benzene rings is 1. The van der Waals surface area contributed by atoms with Crippen molar-refractivity contribution in [3.63, 3.8) is 0 Å². The number of methoxy groups -OCH3 is 1. The molecule has 0 unspecified atom stereocenters. The van der Waals surface area contributed by atoms with Crippen molar-refractivity contribution in [1.29, 1.82) is 0 Å². The summed E-state index contributed by atoms with van der Waals surface area (Å²) in [7, 11) is 1.31. The maximum atomic E-state index is 14.2. The van der Waals surface area contributed by atoms with Crippen LogP contribution in [0.4, 0.5) is 46.5 Å². The Bertz CT molecular complexity index is 1250. The van der Waals surface area contributed by atoms with E-state index in [1.54, 1.807) is 0 Å². The normalized spacial score (nSPS) is 11.0. The van der Waals surface area contributed by atoms with Gasteiger partial charge in [0.05, 0.1) is 24.7 Å². The Labute approximate surface area is 195 Å². The molecule has 0 fully saturated rings. The lowest BCUT2D eigenvalue weighted by atomic mass is 10.1. The SMILES string of the molecule is C=CC(=O)Nc1cc(C)c(F)cc1Nc1nc(Nc2nc(OC)ncc2Cl)ncc1C(F)(F)F. The van der Waals surface area contributed by atoms with Crippen LogP contribution >= 0.6 is 11.6 Å². The topological polar surface area (TPSA) is 114 Å². The van der Waals surface area contributed by atoms with E-state index in [1.807, 2.05) is 0 Å². The minimum Gasteiger partial charge on any atom is -0.467 e. The Morgan fingerprint density at radius 1 is 1.12 bits per heavy atom. The van der Waals surface area contributed by atoms with E-state index in [-0.39, 0.29) is 39.7 Å². The summed E-state index contributed by atoms with van der Waals surface area (Å²) in [4.78, 5) is 27.0. The molecular weight excluding hydrogens is 482 g/mol. The predicted molar refractivity (Wildman–Crippen MR) is 117 cm³/mol. The highest BCUT2D eigenvalue weighted by molar-refractivity contribution is 6.32. The van der Waals surface area contributed by atoms with Crippen molar-refractivity contribution >= 4 is 46.5 Å². The number of hydrogen-bond acceptors (Lipinski definition) is 8. The maximum absolute atomic E-state index is 14.2. The third-order valence-electron chi connectivity index (χ3n) is 4.22. The average molecular weight is 498 g/mol. The molecule has 0 aliphatic rings. The number of alkyl halides is 3. The minimum absolute atomic E-state index is 0.00799. The summed E-state index contributed by atoms with van der Waals surface area (Å²) in [6, 6.07) is 2.12. The molecule has 0 aliphatic heterocycles. The molecule has 1 amide bonds. The first-order valence-electron chi connectivity index (χ1n) is 9.30. The molecule has 34 heavy (non-hydrogen) atoms. The van der Waals surface area contributed by atoms with Gasteiger partial charge in [-0.15, -0.1) is 0 Å². The molecule has 2 aromatic heterocycles. The first-order chi connectivity index (χ1) is 16.0. The molecule has 0 bridgehead atoms. The molecule has 0 aliphatic carbocycles. The number of carbonyl (C=O) groups is 1. The van der Waals surface area contributed by atoms with Crippen molar-refractivity contribution in [3.05, 3.63) is 59.1 Å². The summed E-state index contributed by atoms with van der Waals surface area (Å²) in [5.41, 5.74) is -1.27. The van der Waals surface area contributed by atoms with Gasteiger partial charge in [0, 0.05) is 6.20 Å². The first-order valence-corrected chi connectivity index (χ1v) is 9.68. The summed E-state index contributed by atoms with van der Waals surface area (Å²) < 4.78 is 60.0. The fourth-order valence-electron chi connectivity index (χ4n) is 2.59. The second-order valence-electron chi connectivity index (χ2n) is 6.60. The van der Waals surface area contributed by atoms with Crippen LogP contribution in [-0.4, -0.2) is 33.0 Å². The molecule has 3 N–H and O–H groups in total. The molecule has 0 saturated heterocycles. The Kier molecular flexibility index (Phi) is 7.15. The van der Waals surface area contributed by atoms with Gasteiger partial charge in [-0.2, -0.15) is 23.1 Å². The highest BCUT2D eigenvalue weighted by atomic mass is 35.5. The fourth-order valence-corrected chi connectivity index (χ4v) is 2.73. The monoisotopic (exact) mass is 497 g/mol. The van der Waals surface area contributed by atoms with E-state index in [1.165, 1.54) is 26.3 Å². The van der Waals surface area contributed by atoms with Gasteiger partial charge >= 0.3 is 12.2 Å². The number of nitrogens with zero attached hydrogens (tertiary/aromatic N) is 4. The largest absolute Gasteiger partial charge is 0.467 e. The molecule has 0 radical (unpaired) electrons. The van der Waals surface area contributed by atoms with Crippen molar-refractivity contribution in [2.45, 2.75) is 13.1 Å². The van der Waals surface area contributed by atoms with Crippen LogP contribution in [0.1, 0.15) is 11.1 Å². The lowest BCUT2D eigenvalue weighted by molar-refractivity contribution is -0.137. The summed E-state index contributed by atoms with van der Waals surface area (Å²) in [5, 5.41) is 7.43. The van der Waals surface area contributed by atoms with Crippen LogP contribution in [0.3, 0.4) is 0 Å². The van der Waals surface area contributed by atoms with E-state index >= 15 is 0 Å². The van der Waals surface area contributed by atoms with Crippen LogP contribution in [0.25, 0.3) is 0 Å². The smallest absolute Gasteiger partial charge is 0.421 e. The standard InChI is InChI=1S/C20H16ClF4N7O2/c1-4-15(33)28-13-5-9(2)12(22)6-14(13)29-16-10(20(23,24)25)7-26-18(30-16)31-17-11(21)8-27-19(32-17)34-3/h4-8H,1H2,2-3H3,(H,28,33)(H2,26,27,29,30,31,32). The maximum Gasteiger partial charge on any atom is 0.421 e. The summed E-state index contributed by atoms with van der Waals surface area (Å²) in [6.45, 7) is 4.74. The van der Waals surface area contributed by atoms with Gasteiger partial charge in [0.2, 0.25) is 11.9 Å². The van der Waals surface area contributed by atoms with E-state index in [2.05, 4.69) is 42.5 Å². The first kappa shape index (κ1) is 24.6. The van der Waals surface area contributed by atoms with Gasteiger partial charge in [-0.1, -0.05) is 18.2 Å². The lowest BCUT2D eigenvalue weighted by Crippen LogP contribution is -2.15. The minimum atomic E-state index is -4.86. The van der Waals surface area contributed by atoms with E-state index in [4.69, 9.17) is 16.3 Å². The van der Waals surface area contributed by atoms with Crippen molar-refractivity contribution in [3.8, 4) is 6.01 Å². The van der Waals surface area contributed by atoms with E-state index in [0.717, 1.165) is 12.1 Å². The zero-order valence-electron chi connectivity index (χ0n) is 17.6. The van der Waals surface area contributed by atoms with Crippen LogP contribution in [0, 0.1) is 12.7 Å². The average Bonchev–Trinajstić information content (AvgIpc) is 2.78. The number of rotatable bonds is 7. The molecule has 2 heterocycles. The summed E-state index contributed by atoms with van der Waals surface area (Å²) in [6.07, 6.45) is -2.17. The van der Waals surface area contributed by atoms with Gasteiger partial charge in [-0.25, -0.2) is 14.4 Å². The number of aromatic nitrogens is 4. The molecule has 178 valence electrons. The molecule has 0 spiro atoms. The van der Waals surface area contributed by atoms with E-state index in [9.17, 15) is 22.4 Å². The summed E-state index contributed by atoms with van der Waals surface area (Å²) in [5.74, 6) is -2.44. The molecule has 14 heteroatoms. The number of nitrogens with one attached hydrogen (secondary N) is 3. The van der Waals surface area contributed by atoms with Crippen LogP contribution in [0.2, 0.25) is 5.02 Å². The Morgan fingerprint density at radius 3 is 2.50 bits per heavy atom. The van der Waals surface area contributed by atoms with Crippen LogP contribution in [0.5, 0.6) is 6.01 Å². The number of anilines is 5. The number of halogens is 5. The van der Waals surface area contributed by atoms with Crippen molar-refractivity contribution in [2.24, 2.45) is 0 Å². The Morgan fingerprint density at radius 2 is 1.85 bits per heavy atom. The third-order valence-corrected chi connectivity index (χ3v) is 4.50. The van der Waals surface area contributed by atoms with Crippen molar-refractivity contribution in [2.75, 3.05) is 23.1 Å². The van der Waals surface area contributed by atoms with Gasteiger partial charge in [0.15, 0.2) is 5.82 Å². The van der Waals surface area contributed by atoms with Crippen LogP contribution in [-0.2, 0) is 11.0 Å².